The third kappa shape index (κ3) is 4.29. The third-order valence-electron chi connectivity index (χ3n) is 6.15. The minimum Gasteiger partial charge on any atom is -0.368 e. The number of nitrogens with one attached hydrogen (secondary N) is 1. The van der Waals surface area contributed by atoms with Gasteiger partial charge in [-0.3, -0.25) is 9.59 Å². The van der Waals surface area contributed by atoms with Gasteiger partial charge in [0.15, 0.2) is 5.01 Å². The fourth-order valence-corrected chi connectivity index (χ4v) is 6.87. The monoisotopic (exact) mass is 519 g/mol. The summed E-state index contributed by atoms with van der Waals surface area (Å²) >= 11 is 7.32. The van der Waals surface area contributed by atoms with Crippen molar-refractivity contribution in [3.63, 3.8) is 0 Å². The highest BCUT2D eigenvalue weighted by molar-refractivity contribution is 7.89. The Balaban J connectivity index is 1.27. The maximum atomic E-state index is 13.2. The predicted molar refractivity (Wildman–Crippen MR) is 129 cm³/mol. The number of piperazine rings is 1. The topological polar surface area (TPSA) is 126 Å². The number of nitrogens with zero attached hydrogens (tertiary/aromatic N) is 3. The number of fused-ring (bicyclic) bond motifs is 2. The minimum absolute atomic E-state index is 0.198. The van der Waals surface area contributed by atoms with Gasteiger partial charge in [-0.1, -0.05) is 23.7 Å². The molecule has 2 aromatic carbocycles. The largest absolute Gasteiger partial charge is 0.368 e. The molecule has 2 aliphatic heterocycles. The van der Waals surface area contributed by atoms with Crippen LogP contribution in [0.1, 0.15) is 20.4 Å². The molecule has 2 aliphatic rings. The molecular formula is C22H22ClN5O4S2. The zero-order valence-corrected chi connectivity index (χ0v) is 20.4. The number of rotatable bonds is 4. The molecule has 5 rings (SSSR count). The Morgan fingerprint density at radius 2 is 1.79 bits per heavy atom. The second-order valence-corrected chi connectivity index (χ2v) is 11.7. The molecule has 12 heteroatoms. The van der Waals surface area contributed by atoms with Gasteiger partial charge in [0.05, 0.1) is 16.6 Å². The van der Waals surface area contributed by atoms with Crippen LogP contribution in [0.3, 0.4) is 0 Å². The summed E-state index contributed by atoms with van der Waals surface area (Å²) in [5.74, 6) is -0.672. The molecule has 9 nitrogen and oxygen atoms in total. The van der Waals surface area contributed by atoms with Crippen LogP contribution in [0.15, 0.2) is 41.3 Å². The number of primary amides is 1. The summed E-state index contributed by atoms with van der Waals surface area (Å²) in [6, 6.07) is 9.80. The Morgan fingerprint density at radius 3 is 2.53 bits per heavy atom. The molecule has 1 saturated heterocycles. The quantitative estimate of drug-likeness (QED) is 0.539. The van der Waals surface area contributed by atoms with Gasteiger partial charge in [-0.25, -0.2) is 13.4 Å². The number of hydrogen-bond donors (Lipinski definition) is 2. The Bertz CT molecular complexity index is 1400. The number of amides is 2. The molecular weight excluding hydrogens is 498 g/mol. The Hall–Kier alpha value is -2.57. The number of benzene rings is 2. The van der Waals surface area contributed by atoms with Gasteiger partial charge in [-0.05, 0) is 35.0 Å². The molecule has 0 radical (unpaired) electrons. The number of halogens is 1. The van der Waals surface area contributed by atoms with Crippen molar-refractivity contribution in [3.05, 3.63) is 57.0 Å². The molecule has 1 atom stereocenters. The molecule has 1 aromatic heterocycles. The molecule has 0 bridgehead atoms. The SMILES string of the molecule is NC(=O)C1Cc2nc(C(=O)N3CCN(S(=O)(=O)c4ccc5cc(Cl)ccc5c4)CC3)sc2CN1. The van der Waals surface area contributed by atoms with Crippen LogP contribution in [-0.4, -0.2) is 66.6 Å². The summed E-state index contributed by atoms with van der Waals surface area (Å²) in [6.45, 7) is 1.38. The van der Waals surface area contributed by atoms with E-state index in [1.165, 1.54) is 15.6 Å². The lowest BCUT2D eigenvalue weighted by molar-refractivity contribution is -0.120. The first kappa shape index (κ1) is 23.2. The van der Waals surface area contributed by atoms with Crippen LogP contribution >= 0.6 is 22.9 Å². The highest BCUT2D eigenvalue weighted by Crippen LogP contribution is 2.27. The van der Waals surface area contributed by atoms with Gasteiger partial charge in [0.25, 0.3) is 5.91 Å². The number of aromatic nitrogens is 1. The second-order valence-electron chi connectivity index (χ2n) is 8.28. The van der Waals surface area contributed by atoms with Gasteiger partial charge >= 0.3 is 0 Å². The number of carbonyl (C=O) groups is 2. The molecule has 3 aromatic rings. The van der Waals surface area contributed by atoms with Gasteiger partial charge in [0.1, 0.15) is 0 Å². The average molecular weight is 520 g/mol. The molecule has 178 valence electrons. The third-order valence-corrected chi connectivity index (χ3v) is 9.36. The molecule has 3 N–H and O–H groups in total. The van der Waals surface area contributed by atoms with Gasteiger partial charge in [0.2, 0.25) is 15.9 Å². The van der Waals surface area contributed by atoms with Crippen LogP contribution in [0.4, 0.5) is 0 Å². The number of hydrogen-bond acceptors (Lipinski definition) is 7. The van der Waals surface area contributed by atoms with Crippen LogP contribution < -0.4 is 11.1 Å². The van der Waals surface area contributed by atoms with Gasteiger partial charge in [-0.15, -0.1) is 11.3 Å². The van der Waals surface area contributed by atoms with Crippen LogP contribution in [0.2, 0.25) is 5.02 Å². The summed E-state index contributed by atoms with van der Waals surface area (Å²) in [7, 11) is -3.70. The van der Waals surface area contributed by atoms with E-state index in [2.05, 4.69) is 10.3 Å². The van der Waals surface area contributed by atoms with Crippen molar-refractivity contribution < 1.29 is 18.0 Å². The summed E-state index contributed by atoms with van der Waals surface area (Å²) in [5, 5.41) is 5.65. The van der Waals surface area contributed by atoms with Gasteiger partial charge in [-0.2, -0.15) is 4.31 Å². The minimum atomic E-state index is -3.70. The van der Waals surface area contributed by atoms with E-state index < -0.39 is 22.0 Å². The van der Waals surface area contributed by atoms with Crippen molar-refractivity contribution in [3.8, 4) is 0 Å². The molecule has 0 aliphatic carbocycles. The van der Waals surface area contributed by atoms with Crippen molar-refractivity contribution in [1.82, 2.24) is 19.5 Å². The Labute approximate surface area is 205 Å². The molecule has 2 amide bonds. The Kier molecular flexibility index (Phi) is 6.07. The van der Waals surface area contributed by atoms with Gasteiger partial charge < -0.3 is 16.0 Å². The van der Waals surface area contributed by atoms with E-state index in [9.17, 15) is 18.0 Å². The number of sulfonamides is 1. The molecule has 1 unspecified atom stereocenters. The first-order valence-corrected chi connectivity index (χ1v) is 13.4. The maximum Gasteiger partial charge on any atom is 0.282 e. The van der Waals surface area contributed by atoms with Crippen molar-refractivity contribution >= 4 is 55.5 Å². The van der Waals surface area contributed by atoms with E-state index in [0.29, 0.717) is 23.0 Å². The van der Waals surface area contributed by atoms with E-state index in [0.717, 1.165) is 21.3 Å². The lowest BCUT2D eigenvalue weighted by Crippen LogP contribution is -2.50. The smallest absolute Gasteiger partial charge is 0.282 e. The van der Waals surface area contributed by atoms with E-state index in [1.807, 2.05) is 0 Å². The molecule has 34 heavy (non-hydrogen) atoms. The van der Waals surface area contributed by atoms with E-state index in [4.69, 9.17) is 17.3 Å². The molecule has 0 spiro atoms. The second kappa shape index (κ2) is 8.90. The number of nitrogens with two attached hydrogens (primary N) is 1. The van der Waals surface area contributed by atoms with Gasteiger partial charge in [0, 0.05) is 49.0 Å². The summed E-state index contributed by atoms with van der Waals surface area (Å²) < 4.78 is 27.8. The lowest BCUT2D eigenvalue weighted by atomic mass is 10.1. The first-order chi connectivity index (χ1) is 16.2. The zero-order chi connectivity index (χ0) is 24.0. The average Bonchev–Trinajstić information content (AvgIpc) is 3.26. The highest BCUT2D eigenvalue weighted by atomic mass is 35.5. The fraction of sp³-hybridized carbons (Fsp3) is 0.318. The van der Waals surface area contributed by atoms with E-state index >= 15 is 0 Å². The fourth-order valence-electron chi connectivity index (χ4n) is 4.23. The lowest BCUT2D eigenvalue weighted by Gasteiger charge is -2.33. The van der Waals surface area contributed by atoms with E-state index in [-0.39, 0.29) is 37.0 Å². The van der Waals surface area contributed by atoms with Crippen LogP contribution in [0.5, 0.6) is 0 Å². The molecule has 1 fully saturated rings. The van der Waals surface area contributed by atoms with Crippen molar-refractivity contribution in [2.75, 3.05) is 26.2 Å². The molecule has 0 saturated carbocycles. The Morgan fingerprint density at radius 1 is 1.09 bits per heavy atom. The van der Waals surface area contributed by atoms with E-state index in [1.54, 1.807) is 41.3 Å². The van der Waals surface area contributed by atoms with Crippen LogP contribution in [0, 0.1) is 0 Å². The van der Waals surface area contributed by atoms with Crippen molar-refractivity contribution in [2.24, 2.45) is 5.73 Å². The summed E-state index contributed by atoms with van der Waals surface area (Å²) in [5.41, 5.74) is 6.09. The van der Waals surface area contributed by atoms with Crippen LogP contribution in [0.25, 0.3) is 10.8 Å². The summed E-state index contributed by atoms with van der Waals surface area (Å²) in [4.78, 5) is 31.7. The van der Waals surface area contributed by atoms with Crippen LogP contribution in [-0.2, 0) is 27.8 Å². The first-order valence-electron chi connectivity index (χ1n) is 10.7. The van der Waals surface area contributed by atoms with Crippen molar-refractivity contribution in [1.29, 1.82) is 0 Å². The maximum absolute atomic E-state index is 13.2. The molecule has 3 heterocycles. The normalized spacial score (nSPS) is 19.2. The number of carbonyl (C=O) groups excluding carboxylic acids is 2. The predicted octanol–water partition coefficient (Wildman–Crippen LogP) is 1.60. The van der Waals surface area contributed by atoms with Crippen molar-refractivity contribution in [2.45, 2.75) is 23.9 Å². The zero-order valence-electron chi connectivity index (χ0n) is 18.0. The summed E-state index contributed by atoms with van der Waals surface area (Å²) in [6.07, 6.45) is 0.360. The highest BCUT2D eigenvalue weighted by Gasteiger charge is 2.33. The standard InChI is InChI=1S/C22H22ClN5O4S2/c23-15-3-1-14-10-16(4-2-13(14)9-15)34(31,32)28-7-5-27(6-8-28)22(30)21-26-17-11-18(20(24)29)25-12-19(17)33-21/h1-4,9-10,18,25H,5-8,11-12H2,(H2,24,29). The number of thiazole rings is 1.